The summed E-state index contributed by atoms with van der Waals surface area (Å²) in [5.41, 5.74) is -1.74. The van der Waals surface area contributed by atoms with Crippen LogP contribution in [0.25, 0.3) is 6.08 Å². The summed E-state index contributed by atoms with van der Waals surface area (Å²) in [6.45, 7) is 0. The number of benzene rings is 2. The molecule has 2 aromatic carbocycles. The Morgan fingerprint density at radius 1 is 0.969 bits per heavy atom. The third-order valence-electron chi connectivity index (χ3n) is 5.05. The Labute approximate surface area is 178 Å². The van der Waals surface area contributed by atoms with E-state index in [0.29, 0.717) is 42.5 Å². The minimum absolute atomic E-state index is 0.0289. The van der Waals surface area contributed by atoms with Crippen molar-refractivity contribution in [3.8, 4) is 0 Å². The Morgan fingerprint density at radius 2 is 1.59 bits per heavy atom. The van der Waals surface area contributed by atoms with Crippen LogP contribution in [-0.4, -0.2) is 17.0 Å². The van der Waals surface area contributed by atoms with Crippen LogP contribution in [0.15, 0.2) is 42.5 Å². The molecule has 3 rings (SSSR count). The summed E-state index contributed by atoms with van der Waals surface area (Å²) < 4.78 is 78.4. The van der Waals surface area contributed by atoms with Crippen LogP contribution in [0.3, 0.4) is 0 Å². The SMILES string of the molecule is O=C(O)/C=C/c1ccc2c(c1)CCCC2NC(=O)c1cc(C(F)(F)F)cc(C(F)(F)F)c1. The van der Waals surface area contributed by atoms with Gasteiger partial charge in [-0.15, -0.1) is 0 Å². The second-order valence-corrected chi connectivity index (χ2v) is 7.34. The molecule has 0 saturated heterocycles. The molecule has 0 fully saturated rings. The van der Waals surface area contributed by atoms with Gasteiger partial charge in [-0.05, 0) is 60.2 Å². The zero-order valence-corrected chi connectivity index (χ0v) is 16.3. The number of amides is 1. The summed E-state index contributed by atoms with van der Waals surface area (Å²) in [6, 6.07) is 5.18. The van der Waals surface area contributed by atoms with E-state index in [1.54, 1.807) is 18.2 Å². The average Bonchev–Trinajstić information content (AvgIpc) is 2.70. The first kappa shape index (κ1) is 23.4. The molecule has 0 heterocycles. The van der Waals surface area contributed by atoms with E-state index in [2.05, 4.69) is 5.32 Å². The fourth-order valence-corrected chi connectivity index (χ4v) is 3.58. The molecule has 2 aromatic rings. The first-order chi connectivity index (χ1) is 14.8. The van der Waals surface area contributed by atoms with Crippen LogP contribution in [0.4, 0.5) is 26.3 Å². The van der Waals surface area contributed by atoms with Crippen LogP contribution in [0, 0.1) is 0 Å². The van der Waals surface area contributed by atoms with Gasteiger partial charge in [0.15, 0.2) is 0 Å². The van der Waals surface area contributed by atoms with Crippen LogP contribution in [0.2, 0.25) is 0 Å². The van der Waals surface area contributed by atoms with E-state index in [-0.39, 0.29) is 6.07 Å². The van der Waals surface area contributed by atoms with Crippen LogP contribution in [-0.2, 0) is 23.6 Å². The van der Waals surface area contributed by atoms with Crippen LogP contribution < -0.4 is 5.32 Å². The molecule has 1 unspecified atom stereocenters. The highest BCUT2D eigenvalue weighted by atomic mass is 19.4. The number of carbonyl (C=O) groups is 2. The van der Waals surface area contributed by atoms with Gasteiger partial charge in [-0.2, -0.15) is 26.3 Å². The Balaban J connectivity index is 1.89. The molecule has 0 bridgehead atoms. The topological polar surface area (TPSA) is 66.4 Å². The van der Waals surface area contributed by atoms with Crippen molar-refractivity contribution in [1.82, 2.24) is 5.32 Å². The van der Waals surface area contributed by atoms with Gasteiger partial charge in [-0.3, -0.25) is 4.79 Å². The van der Waals surface area contributed by atoms with Crippen molar-refractivity contribution in [2.75, 3.05) is 0 Å². The number of nitrogens with one attached hydrogen (secondary N) is 1. The van der Waals surface area contributed by atoms with Crippen LogP contribution >= 0.6 is 0 Å². The summed E-state index contributed by atoms with van der Waals surface area (Å²) in [7, 11) is 0. The van der Waals surface area contributed by atoms with Crippen molar-refractivity contribution in [1.29, 1.82) is 0 Å². The summed E-state index contributed by atoms with van der Waals surface area (Å²) >= 11 is 0. The highest BCUT2D eigenvalue weighted by Gasteiger charge is 2.37. The van der Waals surface area contributed by atoms with E-state index in [4.69, 9.17) is 5.11 Å². The fourth-order valence-electron chi connectivity index (χ4n) is 3.58. The third-order valence-corrected chi connectivity index (χ3v) is 5.05. The molecule has 2 N–H and O–H groups in total. The van der Waals surface area contributed by atoms with Crippen molar-refractivity contribution in [2.45, 2.75) is 37.7 Å². The Hall–Kier alpha value is -3.30. The standard InChI is InChI=1S/C22H17F6NO3/c23-21(24,25)15-9-14(10-16(11-15)22(26,27)28)20(32)29-18-3-1-2-13-8-12(4-6-17(13)18)5-7-19(30)31/h4-11,18H,1-3H2,(H,29,32)(H,30,31)/b7-5+. The number of carboxylic acid groups (broad SMARTS) is 1. The first-order valence-electron chi connectivity index (χ1n) is 9.49. The summed E-state index contributed by atoms with van der Waals surface area (Å²) in [6.07, 6.45) is -6.02. The number of fused-ring (bicyclic) bond motifs is 1. The van der Waals surface area contributed by atoms with Gasteiger partial charge < -0.3 is 10.4 Å². The molecule has 0 saturated carbocycles. The number of carbonyl (C=O) groups excluding carboxylic acids is 1. The molecule has 1 amide bonds. The second-order valence-electron chi connectivity index (χ2n) is 7.34. The number of halogens is 6. The molecule has 1 aliphatic carbocycles. The van der Waals surface area contributed by atoms with Gasteiger partial charge in [0.05, 0.1) is 17.2 Å². The lowest BCUT2D eigenvalue weighted by Gasteiger charge is -2.27. The van der Waals surface area contributed by atoms with Gasteiger partial charge >= 0.3 is 18.3 Å². The van der Waals surface area contributed by atoms with Gasteiger partial charge in [0.25, 0.3) is 5.91 Å². The molecule has 1 aliphatic rings. The van der Waals surface area contributed by atoms with E-state index >= 15 is 0 Å². The lowest BCUT2D eigenvalue weighted by atomic mass is 9.86. The summed E-state index contributed by atoms with van der Waals surface area (Å²) in [4.78, 5) is 23.3. The summed E-state index contributed by atoms with van der Waals surface area (Å²) in [5, 5.41) is 11.3. The predicted molar refractivity (Wildman–Crippen MR) is 103 cm³/mol. The van der Waals surface area contributed by atoms with E-state index < -0.39 is 47.0 Å². The van der Waals surface area contributed by atoms with Gasteiger partial charge in [-0.25, -0.2) is 4.79 Å². The van der Waals surface area contributed by atoms with Crippen molar-refractivity contribution < 1.29 is 41.0 Å². The van der Waals surface area contributed by atoms with Gasteiger partial charge in [0.2, 0.25) is 0 Å². The Bertz CT molecular complexity index is 1040. The number of aliphatic carboxylic acids is 1. The third kappa shape index (κ3) is 5.49. The van der Waals surface area contributed by atoms with Gasteiger partial charge in [0.1, 0.15) is 0 Å². The molecule has 4 nitrogen and oxygen atoms in total. The quantitative estimate of drug-likeness (QED) is 0.462. The minimum Gasteiger partial charge on any atom is -0.478 e. The number of hydrogen-bond donors (Lipinski definition) is 2. The van der Waals surface area contributed by atoms with E-state index in [0.717, 1.165) is 11.6 Å². The maximum atomic E-state index is 13.1. The molecule has 0 aliphatic heterocycles. The van der Waals surface area contributed by atoms with Crippen molar-refractivity contribution in [3.63, 3.8) is 0 Å². The molecule has 1 atom stereocenters. The van der Waals surface area contributed by atoms with Crippen molar-refractivity contribution in [3.05, 3.63) is 75.9 Å². The van der Waals surface area contributed by atoms with Gasteiger partial charge in [-0.1, -0.05) is 18.2 Å². The monoisotopic (exact) mass is 457 g/mol. The van der Waals surface area contributed by atoms with Crippen molar-refractivity contribution in [2.24, 2.45) is 0 Å². The molecule has 0 radical (unpaired) electrons. The van der Waals surface area contributed by atoms with Gasteiger partial charge in [0, 0.05) is 11.6 Å². The molecular weight excluding hydrogens is 440 g/mol. The van der Waals surface area contributed by atoms with E-state index in [1.807, 2.05) is 0 Å². The Morgan fingerprint density at radius 3 is 2.16 bits per heavy atom. The van der Waals surface area contributed by atoms with Crippen molar-refractivity contribution >= 4 is 18.0 Å². The molecule has 170 valence electrons. The molecule has 0 aromatic heterocycles. The maximum absolute atomic E-state index is 13.1. The highest BCUT2D eigenvalue weighted by Crippen LogP contribution is 2.37. The van der Waals surface area contributed by atoms with E-state index in [9.17, 15) is 35.9 Å². The lowest BCUT2D eigenvalue weighted by molar-refractivity contribution is -0.143. The molecule has 32 heavy (non-hydrogen) atoms. The van der Waals surface area contributed by atoms with Crippen LogP contribution in [0.5, 0.6) is 0 Å². The lowest BCUT2D eigenvalue weighted by Crippen LogP contribution is -2.31. The molecular formula is C22H17F6NO3. The van der Waals surface area contributed by atoms with Crippen LogP contribution in [0.1, 0.15) is 57.1 Å². The number of aryl methyl sites for hydroxylation is 1. The number of hydrogen-bond acceptors (Lipinski definition) is 2. The maximum Gasteiger partial charge on any atom is 0.416 e. The highest BCUT2D eigenvalue weighted by molar-refractivity contribution is 5.95. The Kier molecular flexibility index (Phi) is 6.34. The van der Waals surface area contributed by atoms with E-state index in [1.165, 1.54) is 6.08 Å². The average molecular weight is 457 g/mol. The minimum atomic E-state index is -5.05. The second kappa shape index (κ2) is 8.68. The predicted octanol–water partition coefficient (Wildman–Crippen LogP) is 5.63. The zero-order chi connectivity index (χ0) is 23.7. The largest absolute Gasteiger partial charge is 0.478 e. The fraction of sp³-hybridized carbons (Fsp3) is 0.273. The first-order valence-corrected chi connectivity index (χ1v) is 9.49. The number of rotatable bonds is 4. The molecule has 10 heteroatoms. The normalized spacial score (nSPS) is 16.6. The summed E-state index contributed by atoms with van der Waals surface area (Å²) in [5.74, 6) is -2.17. The smallest absolute Gasteiger partial charge is 0.416 e. The molecule has 0 spiro atoms. The number of alkyl halides is 6. The zero-order valence-electron chi connectivity index (χ0n) is 16.3. The number of carboxylic acids is 1.